The van der Waals surface area contributed by atoms with Crippen LogP contribution in [0.3, 0.4) is 0 Å². The molecular formula is C28H40N4O4. The summed E-state index contributed by atoms with van der Waals surface area (Å²) < 4.78 is 5.55. The van der Waals surface area contributed by atoms with Crippen LogP contribution in [0.25, 0.3) is 0 Å². The average Bonchev–Trinajstić information content (AvgIpc) is 2.84. The number of amides is 2. The molecule has 0 fully saturated rings. The second-order valence-electron chi connectivity index (χ2n) is 10.4. The van der Waals surface area contributed by atoms with Crippen LogP contribution in [0.5, 0.6) is 11.5 Å². The lowest BCUT2D eigenvalue weighted by Crippen LogP contribution is -2.42. The summed E-state index contributed by atoms with van der Waals surface area (Å²) in [5.74, 6) is 0.417. The first kappa shape index (κ1) is 27.5. The van der Waals surface area contributed by atoms with Crippen LogP contribution in [-0.4, -0.2) is 67.7 Å². The number of carbonyl (C=O) groups excluding carboxylic acids is 2. The van der Waals surface area contributed by atoms with Gasteiger partial charge >= 0.3 is 0 Å². The largest absolute Gasteiger partial charge is 0.506 e. The lowest BCUT2D eigenvalue weighted by molar-refractivity contribution is -0.132. The number of phenolic OH excluding ortho intramolecular Hbond substituents is 1. The summed E-state index contributed by atoms with van der Waals surface area (Å²) in [6, 6.07) is 13.7. The first-order valence-corrected chi connectivity index (χ1v) is 12.7. The Morgan fingerprint density at radius 3 is 2.50 bits per heavy atom. The van der Waals surface area contributed by atoms with Crippen LogP contribution in [-0.2, 0) is 22.4 Å². The van der Waals surface area contributed by atoms with Gasteiger partial charge in [-0.25, -0.2) is 0 Å². The van der Waals surface area contributed by atoms with Crippen LogP contribution in [0.2, 0.25) is 0 Å². The molecule has 2 aromatic rings. The summed E-state index contributed by atoms with van der Waals surface area (Å²) in [4.78, 5) is 26.5. The molecule has 196 valence electrons. The first-order chi connectivity index (χ1) is 17.2. The number of nitrogens with zero attached hydrogens (tertiary/aromatic N) is 1. The fourth-order valence-corrected chi connectivity index (χ4v) is 4.19. The van der Waals surface area contributed by atoms with E-state index in [1.165, 1.54) is 5.56 Å². The monoisotopic (exact) mass is 496 g/mol. The number of nitrogens with one attached hydrogen (secondary N) is 3. The van der Waals surface area contributed by atoms with Gasteiger partial charge in [-0.15, -0.1) is 0 Å². The summed E-state index contributed by atoms with van der Waals surface area (Å²) in [5, 5.41) is 19.5. The van der Waals surface area contributed by atoms with Gasteiger partial charge in [-0.05, 0) is 48.5 Å². The van der Waals surface area contributed by atoms with E-state index in [4.69, 9.17) is 4.74 Å². The molecule has 0 spiro atoms. The molecule has 2 amide bonds. The molecule has 0 aromatic heterocycles. The van der Waals surface area contributed by atoms with Gasteiger partial charge in [0, 0.05) is 32.6 Å². The third-order valence-corrected chi connectivity index (χ3v) is 5.93. The predicted octanol–water partition coefficient (Wildman–Crippen LogP) is 2.95. The summed E-state index contributed by atoms with van der Waals surface area (Å²) in [7, 11) is 0. The van der Waals surface area contributed by atoms with Gasteiger partial charge in [0.05, 0.1) is 0 Å². The SMILES string of the molecule is CC(C)(C)CN(CCNCCc1ccc(O)c2c1OCC(=O)N2)C(=O)CCNCCc1ccccc1. The zero-order chi connectivity index (χ0) is 26.0. The van der Waals surface area contributed by atoms with Crippen molar-refractivity contribution in [2.45, 2.75) is 40.0 Å². The fourth-order valence-electron chi connectivity index (χ4n) is 4.19. The van der Waals surface area contributed by atoms with E-state index < -0.39 is 0 Å². The minimum atomic E-state index is -0.275. The molecule has 0 atom stereocenters. The van der Waals surface area contributed by atoms with Crippen LogP contribution in [0.4, 0.5) is 5.69 Å². The highest BCUT2D eigenvalue weighted by molar-refractivity contribution is 5.97. The quantitative estimate of drug-likeness (QED) is 0.251. The van der Waals surface area contributed by atoms with Crippen molar-refractivity contribution < 1.29 is 19.4 Å². The van der Waals surface area contributed by atoms with Gasteiger partial charge in [0.2, 0.25) is 5.91 Å². The average molecular weight is 497 g/mol. The molecule has 2 aromatic carbocycles. The van der Waals surface area contributed by atoms with Gasteiger partial charge in [0.25, 0.3) is 5.91 Å². The zero-order valence-corrected chi connectivity index (χ0v) is 21.7. The van der Waals surface area contributed by atoms with E-state index in [9.17, 15) is 14.7 Å². The number of aromatic hydroxyl groups is 1. The highest BCUT2D eigenvalue weighted by atomic mass is 16.5. The van der Waals surface area contributed by atoms with E-state index in [0.29, 0.717) is 57.0 Å². The Kier molecular flexibility index (Phi) is 10.1. The summed E-state index contributed by atoms with van der Waals surface area (Å²) >= 11 is 0. The molecule has 0 bridgehead atoms. The second-order valence-corrected chi connectivity index (χ2v) is 10.4. The van der Waals surface area contributed by atoms with Gasteiger partial charge in [0.15, 0.2) is 12.4 Å². The Morgan fingerprint density at radius 2 is 1.75 bits per heavy atom. The maximum Gasteiger partial charge on any atom is 0.262 e. The summed E-state index contributed by atoms with van der Waals surface area (Å²) in [6.07, 6.45) is 2.11. The van der Waals surface area contributed by atoms with Crippen LogP contribution in [0.1, 0.15) is 38.3 Å². The zero-order valence-electron chi connectivity index (χ0n) is 21.7. The molecule has 0 aliphatic carbocycles. The number of carbonyl (C=O) groups is 2. The molecule has 4 N–H and O–H groups in total. The van der Waals surface area contributed by atoms with E-state index in [1.807, 2.05) is 29.2 Å². The molecule has 8 nitrogen and oxygen atoms in total. The van der Waals surface area contributed by atoms with Crippen molar-refractivity contribution >= 4 is 17.5 Å². The minimum Gasteiger partial charge on any atom is -0.506 e. The second kappa shape index (κ2) is 13.3. The van der Waals surface area contributed by atoms with Crippen molar-refractivity contribution in [1.29, 1.82) is 0 Å². The highest BCUT2D eigenvalue weighted by Gasteiger charge is 2.23. The standard InChI is InChI=1S/C28H40N4O4/c1-28(2,3)20-32(25(35)13-16-29-14-11-21-7-5-4-6-8-21)18-17-30-15-12-22-9-10-23(33)26-27(22)36-19-24(34)31-26/h4-10,29-30,33H,11-20H2,1-3H3,(H,31,34). The van der Waals surface area contributed by atoms with Crippen molar-refractivity contribution in [3.8, 4) is 11.5 Å². The third kappa shape index (κ3) is 8.84. The van der Waals surface area contributed by atoms with Crippen molar-refractivity contribution in [3.63, 3.8) is 0 Å². The van der Waals surface area contributed by atoms with Gasteiger partial charge in [-0.3, -0.25) is 9.59 Å². The van der Waals surface area contributed by atoms with Crippen LogP contribution in [0, 0.1) is 5.41 Å². The Hall–Kier alpha value is -3.10. The number of ether oxygens (including phenoxy) is 1. The third-order valence-electron chi connectivity index (χ3n) is 5.93. The van der Waals surface area contributed by atoms with Gasteiger partial charge in [-0.2, -0.15) is 0 Å². The van der Waals surface area contributed by atoms with Crippen LogP contribution >= 0.6 is 0 Å². The molecule has 0 unspecified atom stereocenters. The maximum atomic E-state index is 12.9. The lowest BCUT2D eigenvalue weighted by atomic mass is 9.96. The first-order valence-electron chi connectivity index (χ1n) is 12.7. The fraction of sp³-hybridized carbons (Fsp3) is 0.500. The van der Waals surface area contributed by atoms with E-state index in [2.05, 4.69) is 48.9 Å². The number of phenols is 1. The molecule has 36 heavy (non-hydrogen) atoms. The number of rotatable bonds is 13. The van der Waals surface area contributed by atoms with Crippen molar-refractivity contribution in [2.75, 3.05) is 51.2 Å². The number of anilines is 1. The van der Waals surface area contributed by atoms with Gasteiger partial charge < -0.3 is 30.7 Å². The summed E-state index contributed by atoms with van der Waals surface area (Å²) in [6.45, 7) is 10.6. The molecule has 1 aliphatic rings. The van der Waals surface area contributed by atoms with E-state index >= 15 is 0 Å². The van der Waals surface area contributed by atoms with Crippen LogP contribution < -0.4 is 20.7 Å². The van der Waals surface area contributed by atoms with Crippen molar-refractivity contribution in [1.82, 2.24) is 15.5 Å². The number of hydrogen-bond acceptors (Lipinski definition) is 6. The minimum absolute atomic E-state index is 0.000601. The van der Waals surface area contributed by atoms with Gasteiger partial charge in [0.1, 0.15) is 11.4 Å². The molecule has 3 rings (SSSR count). The normalized spacial score (nSPS) is 13.0. The molecule has 0 saturated carbocycles. The topological polar surface area (TPSA) is 103 Å². The Morgan fingerprint density at radius 1 is 1.03 bits per heavy atom. The predicted molar refractivity (Wildman–Crippen MR) is 142 cm³/mol. The molecular weight excluding hydrogens is 456 g/mol. The van der Waals surface area contributed by atoms with Crippen molar-refractivity contribution in [3.05, 3.63) is 53.6 Å². The molecule has 0 radical (unpaired) electrons. The van der Waals surface area contributed by atoms with Gasteiger partial charge in [-0.1, -0.05) is 57.2 Å². The maximum absolute atomic E-state index is 12.9. The number of hydrogen-bond donors (Lipinski definition) is 4. The van der Waals surface area contributed by atoms with Crippen molar-refractivity contribution in [2.24, 2.45) is 5.41 Å². The lowest BCUT2D eigenvalue weighted by Gasteiger charge is -2.30. The van der Waals surface area contributed by atoms with Crippen LogP contribution in [0.15, 0.2) is 42.5 Å². The molecule has 8 heteroatoms. The molecule has 0 saturated heterocycles. The van der Waals surface area contributed by atoms with E-state index in [-0.39, 0.29) is 29.6 Å². The molecule has 1 heterocycles. The molecule has 1 aliphatic heterocycles. The van der Waals surface area contributed by atoms with E-state index in [0.717, 1.165) is 18.5 Å². The smallest absolute Gasteiger partial charge is 0.262 e. The Labute approximate surface area is 214 Å². The van der Waals surface area contributed by atoms with E-state index in [1.54, 1.807) is 6.07 Å². The number of fused-ring (bicyclic) bond motifs is 1. The Bertz CT molecular complexity index is 1000. The number of benzene rings is 2. The Balaban J connectivity index is 1.41. The highest BCUT2D eigenvalue weighted by Crippen LogP contribution is 2.39. The summed E-state index contributed by atoms with van der Waals surface area (Å²) in [5.41, 5.74) is 2.56.